The quantitative estimate of drug-likeness (QED) is 0.842. The molecule has 0 aromatic carbocycles. The molecule has 0 amide bonds. The number of rotatable bonds is 4. The van der Waals surface area contributed by atoms with E-state index in [0.717, 1.165) is 19.4 Å². The molecule has 1 aliphatic carbocycles. The van der Waals surface area contributed by atoms with Crippen molar-refractivity contribution >= 4 is 5.82 Å². The molecule has 1 aliphatic rings. The molecule has 5 nitrogen and oxygen atoms in total. The van der Waals surface area contributed by atoms with Crippen LogP contribution >= 0.6 is 0 Å². The summed E-state index contributed by atoms with van der Waals surface area (Å²) in [5, 5.41) is 3.18. The first kappa shape index (κ1) is 13.1. The van der Waals surface area contributed by atoms with E-state index in [0.29, 0.717) is 24.3 Å². The van der Waals surface area contributed by atoms with Crippen molar-refractivity contribution in [1.82, 2.24) is 9.55 Å². The zero-order chi connectivity index (χ0) is 13.0. The summed E-state index contributed by atoms with van der Waals surface area (Å²) >= 11 is 0. The molecule has 3 N–H and O–H groups in total. The third-order valence-corrected chi connectivity index (χ3v) is 3.64. The Balaban J connectivity index is 1.96. The van der Waals surface area contributed by atoms with E-state index in [1.807, 2.05) is 6.92 Å². The molecule has 5 heteroatoms. The summed E-state index contributed by atoms with van der Waals surface area (Å²) in [6, 6.07) is 0.321. The Morgan fingerprint density at radius 3 is 3.11 bits per heavy atom. The summed E-state index contributed by atoms with van der Waals surface area (Å²) < 4.78 is 1.65. The average Bonchev–Trinajstić information content (AvgIpc) is 2.38. The Morgan fingerprint density at radius 1 is 1.56 bits per heavy atom. The van der Waals surface area contributed by atoms with Crippen molar-refractivity contribution < 1.29 is 0 Å². The number of nitrogens with two attached hydrogens (primary N) is 1. The first-order chi connectivity index (χ1) is 8.70. The number of hydrogen-bond acceptors (Lipinski definition) is 4. The summed E-state index contributed by atoms with van der Waals surface area (Å²) in [6.45, 7) is 3.42. The summed E-state index contributed by atoms with van der Waals surface area (Å²) in [5.41, 5.74) is 5.92. The van der Waals surface area contributed by atoms with Crippen LogP contribution in [0.15, 0.2) is 17.2 Å². The smallest absolute Gasteiger partial charge is 0.293 e. The first-order valence-corrected chi connectivity index (χ1v) is 6.75. The van der Waals surface area contributed by atoms with Crippen molar-refractivity contribution in [2.45, 2.75) is 45.2 Å². The van der Waals surface area contributed by atoms with Gasteiger partial charge < -0.3 is 15.6 Å². The molecule has 0 bridgehead atoms. The van der Waals surface area contributed by atoms with Gasteiger partial charge in [0.05, 0.1) is 0 Å². The average molecular weight is 250 g/mol. The molecule has 2 atom stereocenters. The normalized spacial score (nSPS) is 23.9. The Hall–Kier alpha value is -1.36. The molecule has 100 valence electrons. The van der Waals surface area contributed by atoms with E-state index in [9.17, 15) is 4.79 Å². The van der Waals surface area contributed by atoms with Gasteiger partial charge in [-0.05, 0) is 32.1 Å². The maximum absolute atomic E-state index is 12.0. The molecule has 0 aliphatic heterocycles. The lowest BCUT2D eigenvalue weighted by Crippen LogP contribution is -2.32. The summed E-state index contributed by atoms with van der Waals surface area (Å²) in [7, 11) is 0. The number of aryl methyl sites for hydroxylation is 1. The van der Waals surface area contributed by atoms with E-state index in [4.69, 9.17) is 5.73 Å². The van der Waals surface area contributed by atoms with Gasteiger partial charge in [-0.15, -0.1) is 0 Å². The Kier molecular flexibility index (Phi) is 4.36. The molecule has 18 heavy (non-hydrogen) atoms. The Bertz CT molecular complexity index is 443. The summed E-state index contributed by atoms with van der Waals surface area (Å²) in [5.74, 6) is 1.02. The molecular formula is C13H22N4O. The fourth-order valence-corrected chi connectivity index (χ4v) is 2.58. The van der Waals surface area contributed by atoms with Gasteiger partial charge in [-0.1, -0.05) is 6.42 Å². The number of aromatic nitrogens is 2. The van der Waals surface area contributed by atoms with Crippen LogP contribution < -0.4 is 16.6 Å². The zero-order valence-electron chi connectivity index (χ0n) is 10.9. The minimum Gasteiger partial charge on any atom is -0.365 e. The molecule has 0 radical (unpaired) electrons. The van der Waals surface area contributed by atoms with Crippen LogP contribution in [-0.2, 0) is 6.54 Å². The van der Waals surface area contributed by atoms with Crippen molar-refractivity contribution in [3.8, 4) is 0 Å². The van der Waals surface area contributed by atoms with Crippen LogP contribution in [0.1, 0.15) is 32.6 Å². The zero-order valence-corrected chi connectivity index (χ0v) is 10.9. The largest absolute Gasteiger partial charge is 0.365 e. The third-order valence-electron chi connectivity index (χ3n) is 3.64. The molecule has 1 fully saturated rings. The second-order valence-corrected chi connectivity index (χ2v) is 5.04. The molecule has 0 spiro atoms. The van der Waals surface area contributed by atoms with Gasteiger partial charge in [0, 0.05) is 31.5 Å². The maximum atomic E-state index is 12.0. The standard InChI is InChI=1S/C13H22N4O/c1-2-17-7-6-15-12(13(17)18)16-9-10-4-3-5-11(14)8-10/h6-7,10-11H,2-5,8-9,14H2,1H3,(H,15,16). The van der Waals surface area contributed by atoms with Crippen LogP contribution in [0.5, 0.6) is 0 Å². The first-order valence-electron chi connectivity index (χ1n) is 6.75. The van der Waals surface area contributed by atoms with Crippen molar-refractivity contribution in [1.29, 1.82) is 0 Å². The van der Waals surface area contributed by atoms with Gasteiger partial charge in [0.2, 0.25) is 0 Å². The van der Waals surface area contributed by atoms with Gasteiger partial charge in [0.15, 0.2) is 5.82 Å². The van der Waals surface area contributed by atoms with Crippen molar-refractivity contribution in [3.05, 3.63) is 22.7 Å². The van der Waals surface area contributed by atoms with Gasteiger partial charge in [0.1, 0.15) is 0 Å². The maximum Gasteiger partial charge on any atom is 0.293 e. The van der Waals surface area contributed by atoms with E-state index >= 15 is 0 Å². The number of anilines is 1. The lowest BCUT2D eigenvalue weighted by atomic mass is 9.86. The van der Waals surface area contributed by atoms with Crippen molar-refractivity contribution in [3.63, 3.8) is 0 Å². The third kappa shape index (κ3) is 3.10. The van der Waals surface area contributed by atoms with E-state index in [1.165, 1.54) is 12.8 Å². The van der Waals surface area contributed by atoms with Crippen LogP contribution in [0.4, 0.5) is 5.82 Å². The van der Waals surface area contributed by atoms with E-state index in [1.54, 1.807) is 17.0 Å². The van der Waals surface area contributed by atoms with Crippen LogP contribution in [0.2, 0.25) is 0 Å². The molecule has 2 rings (SSSR count). The van der Waals surface area contributed by atoms with Crippen LogP contribution in [0, 0.1) is 5.92 Å². The molecule has 1 aromatic heterocycles. The fourth-order valence-electron chi connectivity index (χ4n) is 2.58. The topological polar surface area (TPSA) is 72.9 Å². The minimum absolute atomic E-state index is 0.0416. The molecule has 1 heterocycles. The van der Waals surface area contributed by atoms with E-state index < -0.39 is 0 Å². The van der Waals surface area contributed by atoms with E-state index in [2.05, 4.69) is 10.3 Å². The molecule has 0 saturated heterocycles. The monoisotopic (exact) mass is 250 g/mol. The highest BCUT2D eigenvalue weighted by atomic mass is 16.1. The molecule has 1 aromatic rings. The molecular weight excluding hydrogens is 228 g/mol. The highest BCUT2D eigenvalue weighted by Gasteiger charge is 2.19. The second kappa shape index (κ2) is 6.00. The van der Waals surface area contributed by atoms with Crippen molar-refractivity contribution in [2.75, 3.05) is 11.9 Å². The van der Waals surface area contributed by atoms with Gasteiger partial charge in [-0.2, -0.15) is 0 Å². The summed E-state index contributed by atoms with van der Waals surface area (Å²) in [4.78, 5) is 16.1. The van der Waals surface area contributed by atoms with Gasteiger partial charge in [0.25, 0.3) is 5.56 Å². The highest BCUT2D eigenvalue weighted by Crippen LogP contribution is 2.22. The summed E-state index contributed by atoms with van der Waals surface area (Å²) in [6.07, 6.45) is 7.93. The second-order valence-electron chi connectivity index (χ2n) is 5.04. The fraction of sp³-hybridized carbons (Fsp3) is 0.692. The van der Waals surface area contributed by atoms with Gasteiger partial charge >= 0.3 is 0 Å². The molecule has 1 saturated carbocycles. The van der Waals surface area contributed by atoms with Crippen LogP contribution in [0.3, 0.4) is 0 Å². The lowest BCUT2D eigenvalue weighted by molar-refractivity contribution is 0.334. The minimum atomic E-state index is -0.0416. The predicted octanol–water partition coefficient (Wildman–Crippen LogP) is 1.19. The molecule has 2 unspecified atom stereocenters. The van der Waals surface area contributed by atoms with Crippen LogP contribution in [0.25, 0.3) is 0 Å². The SMILES string of the molecule is CCn1ccnc(NCC2CCCC(N)C2)c1=O. The number of hydrogen-bond donors (Lipinski definition) is 2. The highest BCUT2D eigenvalue weighted by molar-refractivity contribution is 5.30. The van der Waals surface area contributed by atoms with E-state index in [-0.39, 0.29) is 5.56 Å². The Labute approximate surface area is 107 Å². The predicted molar refractivity (Wildman–Crippen MR) is 72.6 cm³/mol. The van der Waals surface area contributed by atoms with Gasteiger partial charge in [-0.3, -0.25) is 4.79 Å². The van der Waals surface area contributed by atoms with Gasteiger partial charge in [-0.25, -0.2) is 4.98 Å². The van der Waals surface area contributed by atoms with Crippen LogP contribution in [-0.4, -0.2) is 22.1 Å². The lowest BCUT2D eigenvalue weighted by Gasteiger charge is -2.26. The number of nitrogens with zero attached hydrogens (tertiary/aromatic N) is 2. The van der Waals surface area contributed by atoms with Crippen molar-refractivity contribution in [2.24, 2.45) is 11.7 Å². The Morgan fingerprint density at radius 2 is 2.39 bits per heavy atom. The number of nitrogens with one attached hydrogen (secondary N) is 1.